The first-order valence-electron chi connectivity index (χ1n) is 4.42. The molecular weight excluding hydrogens is 168 g/mol. The first-order valence-corrected chi connectivity index (χ1v) is 4.42. The second kappa shape index (κ2) is 4.21. The lowest BCUT2D eigenvalue weighted by Gasteiger charge is -2.09. The Hall–Kier alpha value is -1.12. The Bertz CT molecular complexity index is 253. The van der Waals surface area contributed by atoms with Gasteiger partial charge in [-0.3, -0.25) is 0 Å². The first-order chi connectivity index (χ1) is 6.20. The molecule has 0 N–H and O–H groups in total. The molecule has 0 aromatic heterocycles. The van der Waals surface area contributed by atoms with Crippen LogP contribution in [0.5, 0.6) is 0 Å². The summed E-state index contributed by atoms with van der Waals surface area (Å²) >= 11 is 0. The summed E-state index contributed by atoms with van der Waals surface area (Å²) in [5.74, 6) is -0.188. The highest BCUT2D eigenvalue weighted by Crippen LogP contribution is 2.33. The third kappa shape index (κ3) is 1.97. The number of hydrogen-bond acceptors (Lipinski definition) is 3. The van der Waals surface area contributed by atoms with Gasteiger partial charge in [0.1, 0.15) is 6.29 Å². The summed E-state index contributed by atoms with van der Waals surface area (Å²) in [5.41, 5.74) is 1.79. The second-order valence-electron chi connectivity index (χ2n) is 3.32. The van der Waals surface area contributed by atoms with Gasteiger partial charge in [0.25, 0.3) is 0 Å². The molecule has 0 spiro atoms. The van der Waals surface area contributed by atoms with E-state index in [1.807, 2.05) is 6.92 Å². The number of carbonyl (C=O) groups excluding carboxylic acids is 2. The van der Waals surface area contributed by atoms with Gasteiger partial charge in [0, 0.05) is 12.0 Å². The quantitative estimate of drug-likeness (QED) is 0.490. The fourth-order valence-electron chi connectivity index (χ4n) is 1.82. The Morgan fingerprint density at radius 1 is 1.69 bits per heavy atom. The van der Waals surface area contributed by atoms with Crippen LogP contribution in [0.1, 0.15) is 26.2 Å². The Labute approximate surface area is 77.8 Å². The monoisotopic (exact) mass is 182 g/mol. The van der Waals surface area contributed by atoms with Gasteiger partial charge in [0.2, 0.25) is 0 Å². The number of carbonyl (C=O) groups is 2. The minimum absolute atomic E-state index is 0.0879. The fraction of sp³-hybridized carbons (Fsp3) is 0.600. The van der Waals surface area contributed by atoms with Crippen LogP contribution < -0.4 is 0 Å². The van der Waals surface area contributed by atoms with Crippen molar-refractivity contribution in [3.05, 3.63) is 11.1 Å². The molecule has 1 aliphatic rings. The summed E-state index contributed by atoms with van der Waals surface area (Å²) in [6, 6.07) is 0. The van der Waals surface area contributed by atoms with E-state index in [4.69, 9.17) is 0 Å². The number of ether oxygens (including phenoxy) is 1. The van der Waals surface area contributed by atoms with E-state index in [-0.39, 0.29) is 11.9 Å². The second-order valence-corrected chi connectivity index (χ2v) is 3.32. The van der Waals surface area contributed by atoms with Crippen molar-refractivity contribution in [1.29, 1.82) is 0 Å². The zero-order valence-corrected chi connectivity index (χ0v) is 8.00. The molecule has 0 saturated heterocycles. The molecule has 1 aliphatic carbocycles. The SMILES string of the molecule is COC(=O)C1=C(C)CC[C@@H]1CC=O. The van der Waals surface area contributed by atoms with Crippen LogP contribution in [0.15, 0.2) is 11.1 Å². The summed E-state index contributed by atoms with van der Waals surface area (Å²) in [7, 11) is 1.37. The van der Waals surface area contributed by atoms with E-state index in [2.05, 4.69) is 4.74 Å². The van der Waals surface area contributed by atoms with Crippen LogP contribution in [0.2, 0.25) is 0 Å². The molecule has 0 radical (unpaired) electrons. The maximum atomic E-state index is 11.3. The molecule has 3 heteroatoms. The van der Waals surface area contributed by atoms with Crippen molar-refractivity contribution in [2.75, 3.05) is 7.11 Å². The van der Waals surface area contributed by atoms with Gasteiger partial charge in [0.05, 0.1) is 7.11 Å². The smallest absolute Gasteiger partial charge is 0.333 e. The fourth-order valence-corrected chi connectivity index (χ4v) is 1.82. The van der Waals surface area contributed by atoms with Crippen LogP contribution in [-0.2, 0) is 14.3 Å². The van der Waals surface area contributed by atoms with Gasteiger partial charge in [0.15, 0.2) is 0 Å². The van der Waals surface area contributed by atoms with Crippen LogP contribution in [-0.4, -0.2) is 19.4 Å². The summed E-state index contributed by atoms with van der Waals surface area (Å²) < 4.78 is 4.67. The van der Waals surface area contributed by atoms with E-state index in [0.717, 1.165) is 30.3 Å². The van der Waals surface area contributed by atoms with Gasteiger partial charge in [-0.05, 0) is 25.7 Å². The van der Waals surface area contributed by atoms with Gasteiger partial charge < -0.3 is 9.53 Å². The van der Waals surface area contributed by atoms with Crippen LogP contribution in [0.4, 0.5) is 0 Å². The van der Waals surface area contributed by atoms with Crippen LogP contribution in [0, 0.1) is 5.92 Å². The number of aldehydes is 1. The van der Waals surface area contributed by atoms with Crippen LogP contribution in [0.25, 0.3) is 0 Å². The van der Waals surface area contributed by atoms with Crippen molar-refractivity contribution in [2.45, 2.75) is 26.2 Å². The lowest BCUT2D eigenvalue weighted by Crippen LogP contribution is -2.12. The average Bonchev–Trinajstić information content (AvgIpc) is 2.47. The van der Waals surface area contributed by atoms with Crippen molar-refractivity contribution in [1.82, 2.24) is 0 Å². The zero-order chi connectivity index (χ0) is 9.84. The number of rotatable bonds is 3. The van der Waals surface area contributed by atoms with Crippen LogP contribution >= 0.6 is 0 Å². The van der Waals surface area contributed by atoms with Gasteiger partial charge in [-0.25, -0.2) is 4.79 Å². The molecule has 72 valence electrons. The van der Waals surface area contributed by atoms with E-state index < -0.39 is 0 Å². The van der Waals surface area contributed by atoms with Crippen molar-refractivity contribution in [3.8, 4) is 0 Å². The Kier molecular flexibility index (Phi) is 3.23. The number of esters is 1. The number of allylic oxidation sites excluding steroid dienone is 1. The summed E-state index contributed by atoms with van der Waals surface area (Å²) in [4.78, 5) is 21.7. The molecule has 0 aromatic rings. The zero-order valence-electron chi connectivity index (χ0n) is 8.00. The molecule has 1 atom stereocenters. The van der Waals surface area contributed by atoms with E-state index in [0.29, 0.717) is 6.42 Å². The highest BCUT2D eigenvalue weighted by atomic mass is 16.5. The number of hydrogen-bond donors (Lipinski definition) is 0. The highest BCUT2D eigenvalue weighted by molar-refractivity contribution is 5.90. The predicted molar refractivity (Wildman–Crippen MR) is 48.1 cm³/mol. The van der Waals surface area contributed by atoms with E-state index in [9.17, 15) is 9.59 Å². The molecule has 0 unspecified atom stereocenters. The van der Waals surface area contributed by atoms with E-state index in [1.165, 1.54) is 7.11 Å². The van der Waals surface area contributed by atoms with Gasteiger partial charge in [-0.2, -0.15) is 0 Å². The summed E-state index contributed by atoms with van der Waals surface area (Å²) in [6.45, 7) is 1.93. The maximum Gasteiger partial charge on any atom is 0.333 e. The Morgan fingerprint density at radius 3 is 2.92 bits per heavy atom. The predicted octanol–water partition coefficient (Wildman–Crippen LogP) is 1.47. The molecule has 0 aromatic carbocycles. The molecule has 1 rings (SSSR count). The van der Waals surface area contributed by atoms with Gasteiger partial charge >= 0.3 is 5.97 Å². The highest BCUT2D eigenvalue weighted by Gasteiger charge is 2.28. The van der Waals surface area contributed by atoms with E-state index >= 15 is 0 Å². The average molecular weight is 182 g/mol. The van der Waals surface area contributed by atoms with Crippen molar-refractivity contribution < 1.29 is 14.3 Å². The lowest BCUT2D eigenvalue weighted by molar-refractivity contribution is -0.136. The van der Waals surface area contributed by atoms with Gasteiger partial charge in [-0.1, -0.05) is 5.57 Å². The Balaban J connectivity index is 2.81. The normalized spacial score (nSPS) is 21.8. The molecule has 0 amide bonds. The molecule has 0 saturated carbocycles. The summed E-state index contributed by atoms with van der Waals surface area (Å²) in [6.07, 6.45) is 3.10. The van der Waals surface area contributed by atoms with Crippen molar-refractivity contribution in [3.63, 3.8) is 0 Å². The van der Waals surface area contributed by atoms with Crippen molar-refractivity contribution >= 4 is 12.3 Å². The molecule has 0 fully saturated rings. The molecular formula is C10H14O3. The number of methoxy groups -OCH3 is 1. The molecule has 0 aliphatic heterocycles. The minimum atomic E-state index is -0.276. The first kappa shape index (κ1) is 9.96. The molecule has 3 nitrogen and oxygen atoms in total. The van der Waals surface area contributed by atoms with Crippen molar-refractivity contribution in [2.24, 2.45) is 5.92 Å². The van der Waals surface area contributed by atoms with Gasteiger partial charge in [-0.15, -0.1) is 0 Å². The standard InChI is InChI=1S/C10H14O3/c1-7-3-4-8(5-6-11)9(7)10(12)13-2/h6,8H,3-5H2,1-2H3/t8-/m1/s1. The third-order valence-electron chi connectivity index (χ3n) is 2.52. The molecule has 0 heterocycles. The van der Waals surface area contributed by atoms with Crippen LogP contribution in [0.3, 0.4) is 0 Å². The molecule has 0 bridgehead atoms. The van der Waals surface area contributed by atoms with E-state index in [1.54, 1.807) is 0 Å². The maximum absolute atomic E-state index is 11.3. The third-order valence-corrected chi connectivity index (χ3v) is 2.52. The summed E-state index contributed by atoms with van der Waals surface area (Å²) in [5, 5.41) is 0. The largest absolute Gasteiger partial charge is 0.466 e. The Morgan fingerprint density at radius 2 is 2.38 bits per heavy atom. The molecule has 13 heavy (non-hydrogen) atoms. The minimum Gasteiger partial charge on any atom is -0.466 e. The lowest BCUT2D eigenvalue weighted by atomic mass is 9.98. The topological polar surface area (TPSA) is 43.4 Å².